The normalized spacial score (nSPS) is 52.2. The van der Waals surface area contributed by atoms with Gasteiger partial charge in [0.15, 0.2) is 0 Å². The monoisotopic (exact) mass is 460 g/mol. The van der Waals surface area contributed by atoms with Crippen LogP contribution in [-0.4, -0.2) is 33.1 Å². The lowest BCUT2D eigenvalue weighted by Gasteiger charge is -2.63. The Hall–Kier alpha value is -0.120. The second-order valence-corrected chi connectivity index (χ2v) is 15.3. The summed E-state index contributed by atoms with van der Waals surface area (Å²) in [6.45, 7) is 15.9. The first-order valence-corrected chi connectivity index (χ1v) is 14.2. The fraction of sp³-hybridized carbons (Fsp3) is 1.00. The maximum atomic E-state index is 10.8. The highest BCUT2D eigenvalue weighted by Crippen LogP contribution is 2.89. The zero-order valence-electron chi connectivity index (χ0n) is 22.6. The lowest BCUT2D eigenvalue weighted by atomic mass is 9.41. The molecule has 190 valence electrons. The minimum absolute atomic E-state index is 0.0718. The van der Waals surface area contributed by atoms with Crippen molar-refractivity contribution in [3.63, 3.8) is 0 Å². The fourth-order valence-electron chi connectivity index (χ4n) is 11.3. The Kier molecular flexibility index (Phi) is 5.38. The van der Waals surface area contributed by atoms with Gasteiger partial charge in [-0.05, 0) is 135 Å². The highest BCUT2D eigenvalue weighted by molar-refractivity contribution is 5.30. The van der Waals surface area contributed by atoms with E-state index in [1.165, 1.54) is 51.4 Å². The summed E-state index contributed by atoms with van der Waals surface area (Å²) in [5, 5.41) is 31.5. The number of fused-ring (bicyclic) bond motifs is 2. The van der Waals surface area contributed by atoms with Crippen LogP contribution in [-0.2, 0) is 0 Å². The molecule has 0 aliphatic heterocycles. The third kappa shape index (κ3) is 3.03. The van der Waals surface area contributed by atoms with Gasteiger partial charge >= 0.3 is 0 Å². The van der Waals surface area contributed by atoms with Gasteiger partial charge in [0.05, 0.1) is 17.8 Å². The number of hydrogen-bond acceptors (Lipinski definition) is 3. The molecule has 5 saturated carbocycles. The van der Waals surface area contributed by atoms with Crippen molar-refractivity contribution >= 4 is 0 Å². The van der Waals surface area contributed by atoms with Crippen LogP contribution >= 0.6 is 0 Å². The molecule has 5 aliphatic rings. The van der Waals surface area contributed by atoms with E-state index in [-0.39, 0.29) is 11.5 Å². The van der Waals surface area contributed by atoms with Crippen LogP contribution < -0.4 is 0 Å². The fourth-order valence-corrected chi connectivity index (χ4v) is 11.3. The first kappa shape index (κ1) is 24.6. The van der Waals surface area contributed by atoms with Crippen molar-refractivity contribution in [2.75, 3.05) is 0 Å². The topological polar surface area (TPSA) is 60.7 Å². The number of rotatable bonds is 5. The summed E-state index contributed by atoms with van der Waals surface area (Å²) in [7, 11) is 0. The average Bonchev–Trinajstić information content (AvgIpc) is 3.31. The highest BCUT2D eigenvalue weighted by atomic mass is 16.3. The molecule has 5 rings (SSSR count). The SMILES string of the molecule is C[C@H](CCC(O)C(C)(C)O)[C@H]1CC[C@@]2(C)[C@@H]3CC[C@H]4C(C)(C)[C@@H](O)CC[C@@]45C[C@@]35CC[C@]12C. The predicted molar refractivity (Wildman–Crippen MR) is 134 cm³/mol. The lowest BCUT2D eigenvalue weighted by molar-refractivity contribution is -0.161. The van der Waals surface area contributed by atoms with Crippen molar-refractivity contribution < 1.29 is 15.3 Å². The quantitative estimate of drug-likeness (QED) is 0.449. The van der Waals surface area contributed by atoms with Gasteiger partial charge in [-0.25, -0.2) is 0 Å². The summed E-state index contributed by atoms with van der Waals surface area (Å²) in [5.74, 6) is 2.88. The van der Waals surface area contributed by atoms with E-state index in [2.05, 4.69) is 34.6 Å². The summed E-state index contributed by atoms with van der Waals surface area (Å²) in [4.78, 5) is 0. The summed E-state index contributed by atoms with van der Waals surface area (Å²) in [6.07, 6.45) is 12.8. The molecular weight excluding hydrogens is 408 g/mol. The molecule has 3 nitrogen and oxygen atoms in total. The number of aliphatic hydroxyl groups excluding tert-OH is 2. The molecule has 0 radical (unpaired) electrons. The second-order valence-electron chi connectivity index (χ2n) is 15.3. The Balaban J connectivity index is 1.37. The highest BCUT2D eigenvalue weighted by Gasteiger charge is 2.82. The Labute approximate surface area is 203 Å². The van der Waals surface area contributed by atoms with Crippen LogP contribution in [0.5, 0.6) is 0 Å². The molecule has 33 heavy (non-hydrogen) atoms. The largest absolute Gasteiger partial charge is 0.393 e. The molecule has 0 aromatic carbocycles. The smallest absolute Gasteiger partial charge is 0.0849 e. The summed E-state index contributed by atoms with van der Waals surface area (Å²) in [6, 6.07) is 0. The molecule has 2 spiro atoms. The zero-order valence-corrected chi connectivity index (χ0v) is 22.6. The minimum Gasteiger partial charge on any atom is -0.393 e. The Bertz CT molecular complexity index is 784. The van der Waals surface area contributed by atoms with Gasteiger partial charge in [0.25, 0.3) is 0 Å². The van der Waals surface area contributed by atoms with Gasteiger partial charge in [-0.2, -0.15) is 0 Å². The van der Waals surface area contributed by atoms with E-state index in [0.29, 0.717) is 39.9 Å². The molecule has 0 amide bonds. The Morgan fingerprint density at radius 2 is 1.45 bits per heavy atom. The molecular formula is C30H52O3. The summed E-state index contributed by atoms with van der Waals surface area (Å²) < 4.78 is 0. The van der Waals surface area contributed by atoms with Crippen LogP contribution in [0.4, 0.5) is 0 Å². The molecule has 0 saturated heterocycles. The molecule has 0 heterocycles. The predicted octanol–water partition coefficient (Wildman–Crippen LogP) is 6.33. The first-order chi connectivity index (χ1) is 15.2. The van der Waals surface area contributed by atoms with Crippen LogP contribution in [0.1, 0.15) is 119 Å². The molecule has 0 aromatic rings. The van der Waals surface area contributed by atoms with E-state index in [0.717, 1.165) is 24.7 Å². The molecule has 10 atom stereocenters. The summed E-state index contributed by atoms with van der Waals surface area (Å²) in [5.41, 5.74) is 0.949. The van der Waals surface area contributed by atoms with Gasteiger partial charge in [-0.15, -0.1) is 0 Å². The van der Waals surface area contributed by atoms with Crippen molar-refractivity contribution in [1.29, 1.82) is 0 Å². The van der Waals surface area contributed by atoms with Crippen molar-refractivity contribution in [3.8, 4) is 0 Å². The van der Waals surface area contributed by atoms with Crippen molar-refractivity contribution in [1.82, 2.24) is 0 Å². The average molecular weight is 461 g/mol. The van der Waals surface area contributed by atoms with E-state index in [1.807, 2.05) is 0 Å². The maximum absolute atomic E-state index is 10.8. The molecule has 3 N–H and O–H groups in total. The molecule has 0 bridgehead atoms. The van der Waals surface area contributed by atoms with Crippen molar-refractivity contribution in [3.05, 3.63) is 0 Å². The van der Waals surface area contributed by atoms with Crippen LogP contribution in [0.15, 0.2) is 0 Å². The maximum Gasteiger partial charge on any atom is 0.0849 e. The number of hydrogen-bond donors (Lipinski definition) is 3. The van der Waals surface area contributed by atoms with Gasteiger partial charge in [0.2, 0.25) is 0 Å². The van der Waals surface area contributed by atoms with Crippen LogP contribution in [0.3, 0.4) is 0 Å². The van der Waals surface area contributed by atoms with E-state index >= 15 is 0 Å². The molecule has 3 heteroatoms. The Morgan fingerprint density at radius 3 is 2.12 bits per heavy atom. The van der Waals surface area contributed by atoms with E-state index < -0.39 is 11.7 Å². The molecule has 5 aliphatic carbocycles. The van der Waals surface area contributed by atoms with Crippen molar-refractivity contribution in [2.45, 2.75) is 137 Å². The molecule has 0 aromatic heterocycles. The van der Waals surface area contributed by atoms with E-state index in [1.54, 1.807) is 13.8 Å². The van der Waals surface area contributed by atoms with E-state index in [9.17, 15) is 15.3 Å². The van der Waals surface area contributed by atoms with Gasteiger partial charge in [0, 0.05) is 0 Å². The second kappa shape index (κ2) is 7.22. The van der Waals surface area contributed by atoms with Crippen LogP contribution in [0.25, 0.3) is 0 Å². The minimum atomic E-state index is -1.01. The van der Waals surface area contributed by atoms with Crippen LogP contribution in [0, 0.1) is 50.7 Å². The van der Waals surface area contributed by atoms with Crippen molar-refractivity contribution in [2.24, 2.45) is 50.7 Å². The molecule has 5 fully saturated rings. The third-order valence-corrected chi connectivity index (χ3v) is 13.6. The standard InChI is InChI=1S/C30H52O3/c1-19(8-11-24(32)26(4,5)33)20-12-14-28(7)22-10-9-21-25(2,3)23(31)13-15-29(21)18-30(22,29)17-16-27(20,28)6/h19-24,31-33H,8-18H2,1-7H3/t19-,20-,21+,22+,23+,24?,27-,28+,29-,30+/m1/s1. The zero-order chi connectivity index (χ0) is 24.2. The Morgan fingerprint density at radius 1 is 0.818 bits per heavy atom. The first-order valence-electron chi connectivity index (χ1n) is 14.2. The number of aliphatic hydroxyl groups is 3. The van der Waals surface area contributed by atoms with E-state index in [4.69, 9.17) is 0 Å². The van der Waals surface area contributed by atoms with Gasteiger partial charge in [-0.1, -0.05) is 34.6 Å². The van der Waals surface area contributed by atoms with Gasteiger partial charge in [-0.3, -0.25) is 0 Å². The van der Waals surface area contributed by atoms with Gasteiger partial charge < -0.3 is 15.3 Å². The van der Waals surface area contributed by atoms with Gasteiger partial charge in [0.1, 0.15) is 0 Å². The molecule has 1 unspecified atom stereocenters. The third-order valence-electron chi connectivity index (χ3n) is 13.6. The lowest BCUT2D eigenvalue weighted by Crippen LogP contribution is -2.57. The van der Waals surface area contributed by atoms with Crippen LogP contribution in [0.2, 0.25) is 0 Å². The summed E-state index contributed by atoms with van der Waals surface area (Å²) >= 11 is 0.